The normalized spacial score (nSPS) is 12.3. The number of hydrogen-bond acceptors (Lipinski definition) is 7. The van der Waals surface area contributed by atoms with Gasteiger partial charge in [0.2, 0.25) is 0 Å². The predicted molar refractivity (Wildman–Crippen MR) is 196 cm³/mol. The molecule has 0 spiro atoms. The highest BCUT2D eigenvalue weighted by molar-refractivity contribution is 7.08. The number of nitrogens with two attached hydrogens (primary N) is 2. The number of oxime groups is 2. The van der Waals surface area contributed by atoms with E-state index in [4.69, 9.17) is 21.9 Å². The zero-order valence-corrected chi connectivity index (χ0v) is 28.8. The number of halogens is 6. The molecule has 6 rings (SSSR count). The maximum Gasteiger partial charge on any atom is 0.416 e. The van der Waals surface area contributed by atoms with Gasteiger partial charge in [0.15, 0.2) is 11.7 Å². The molecule has 0 amide bonds. The molecular weight excluding hydrogens is 735 g/mol. The highest BCUT2D eigenvalue weighted by Gasteiger charge is 2.34. The van der Waals surface area contributed by atoms with Crippen molar-refractivity contribution in [3.8, 4) is 56.0 Å². The number of rotatable bonds is 6. The van der Waals surface area contributed by atoms with Crippen LogP contribution in [0.1, 0.15) is 27.8 Å². The van der Waals surface area contributed by atoms with Gasteiger partial charge in [0.25, 0.3) is 0 Å². The summed E-state index contributed by atoms with van der Waals surface area (Å²) in [5.41, 5.74) is 14.0. The number of phenols is 2. The van der Waals surface area contributed by atoms with Gasteiger partial charge in [-0.15, -0.1) is 0 Å². The monoisotopic (exact) mass is 764 g/mol. The highest BCUT2D eigenvalue weighted by Crippen LogP contribution is 2.43. The number of aryl methyl sites for hydroxylation is 1. The van der Waals surface area contributed by atoms with E-state index in [0.717, 1.165) is 29.8 Å². The number of hydrogen-bond donors (Lipinski definition) is 6. The van der Waals surface area contributed by atoms with Crippen LogP contribution in [-0.2, 0) is 12.4 Å². The molecule has 0 radical (unpaired) electrons. The van der Waals surface area contributed by atoms with Crippen LogP contribution in [0.2, 0.25) is 0 Å². The summed E-state index contributed by atoms with van der Waals surface area (Å²) < 4.78 is 80.7. The van der Waals surface area contributed by atoms with Crippen LogP contribution in [0.3, 0.4) is 0 Å². The molecule has 0 aliphatic rings. The lowest BCUT2D eigenvalue weighted by atomic mass is 9.88. The molecule has 0 atom stereocenters. The van der Waals surface area contributed by atoms with Gasteiger partial charge in [-0.1, -0.05) is 64.9 Å². The Kier molecular flexibility index (Phi) is 11.2. The Bertz CT molecular complexity index is 2320. The first-order valence-corrected chi connectivity index (χ1v) is 16.6. The van der Waals surface area contributed by atoms with Gasteiger partial charge in [-0.3, -0.25) is 0 Å². The number of thiophene rings is 1. The molecule has 0 unspecified atom stereocenters. The summed E-state index contributed by atoms with van der Waals surface area (Å²) in [6.07, 6.45) is -9.23. The molecule has 54 heavy (non-hydrogen) atoms. The average Bonchev–Trinajstić information content (AvgIpc) is 3.58. The minimum atomic E-state index is -4.62. The van der Waals surface area contributed by atoms with Crippen molar-refractivity contribution >= 4 is 23.0 Å². The second-order valence-corrected chi connectivity index (χ2v) is 12.5. The van der Waals surface area contributed by atoms with Crippen LogP contribution in [0.15, 0.2) is 124 Å². The molecule has 0 aliphatic carbocycles. The maximum atomic E-state index is 13.5. The first-order valence-electron chi connectivity index (χ1n) is 15.7. The van der Waals surface area contributed by atoms with Crippen molar-refractivity contribution in [2.45, 2.75) is 19.3 Å². The van der Waals surface area contributed by atoms with Gasteiger partial charge < -0.3 is 32.1 Å². The van der Waals surface area contributed by atoms with E-state index in [1.54, 1.807) is 35.7 Å². The summed E-state index contributed by atoms with van der Waals surface area (Å²) in [5.74, 6) is -0.860. The van der Waals surface area contributed by atoms with E-state index in [-0.39, 0.29) is 33.8 Å². The van der Waals surface area contributed by atoms with Gasteiger partial charge in [0.1, 0.15) is 11.5 Å². The molecule has 0 aliphatic heterocycles. The fourth-order valence-corrected chi connectivity index (χ4v) is 6.52. The molecule has 0 fully saturated rings. The van der Waals surface area contributed by atoms with Gasteiger partial charge in [-0.2, -0.15) is 37.7 Å². The van der Waals surface area contributed by atoms with Crippen LogP contribution in [0.5, 0.6) is 11.5 Å². The van der Waals surface area contributed by atoms with Crippen LogP contribution in [-0.4, -0.2) is 32.3 Å². The van der Waals surface area contributed by atoms with E-state index in [1.807, 2.05) is 12.3 Å². The summed E-state index contributed by atoms with van der Waals surface area (Å²) in [7, 11) is 0. The lowest BCUT2D eigenvalue weighted by Gasteiger charge is -2.18. The Morgan fingerprint density at radius 3 is 1.37 bits per heavy atom. The molecule has 15 heteroatoms. The van der Waals surface area contributed by atoms with Crippen LogP contribution in [0, 0.1) is 6.92 Å². The summed E-state index contributed by atoms with van der Waals surface area (Å²) in [6, 6.07) is 24.1. The molecule has 5 aromatic carbocycles. The Morgan fingerprint density at radius 2 is 0.981 bits per heavy atom. The van der Waals surface area contributed by atoms with E-state index in [9.17, 15) is 36.6 Å². The third-order valence-electron chi connectivity index (χ3n) is 8.24. The highest BCUT2D eigenvalue weighted by atomic mass is 32.1. The van der Waals surface area contributed by atoms with Crippen molar-refractivity contribution < 1.29 is 47.0 Å². The van der Waals surface area contributed by atoms with E-state index in [1.165, 1.54) is 59.9 Å². The molecule has 1 heterocycles. The number of amidine groups is 2. The SMILES string of the molecule is Cc1cscc1-c1c(C(N)=NO)cc(C(F)(F)F)cc1-c1ccc(O)cc1.NC(=NO)c1cc(C(F)(F)F)cc(-c2ccc(O)cc2)c1-c1ccccc1. The number of nitrogens with zero attached hydrogens (tertiary/aromatic N) is 2. The van der Waals surface area contributed by atoms with Crippen molar-refractivity contribution in [3.05, 3.63) is 142 Å². The van der Waals surface area contributed by atoms with Crippen molar-refractivity contribution in [1.82, 2.24) is 0 Å². The van der Waals surface area contributed by atoms with Crippen LogP contribution in [0.25, 0.3) is 44.5 Å². The van der Waals surface area contributed by atoms with E-state index in [0.29, 0.717) is 33.4 Å². The van der Waals surface area contributed by atoms with Crippen molar-refractivity contribution in [1.29, 1.82) is 0 Å². The zero-order chi connectivity index (χ0) is 39.4. The summed E-state index contributed by atoms with van der Waals surface area (Å²) >= 11 is 1.40. The molecule has 0 saturated heterocycles. The van der Waals surface area contributed by atoms with E-state index < -0.39 is 35.2 Å². The van der Waals surface area contributed by atoms with Crippen molar-refractivity contribution in [2.24, 2.45) is 21.8 Å². The van der Waals surface area contributed by atoms with Crippen molar-refractivity contribution in [3.63, 3.8) is 0 Å². The first-order chi connectivity index (χ1) is 25.5. The number of benzene rings is 5. The number of phenolic OH excluding ortho intramolecular Hbond substituents is 2. The van der Waals surface area contributed by atoms with E-state index in [2.05, 4.69) is 10.3 Å². The Hall–Kier alpha value is -6.48. The first kappa shape index (κ1) is 38.7. The van der Waals surface area contributed by atoms with Gasteiger partial charge in [-0.05, 0) is 105 Å². The van der Waals surface area contributed by atoms with E-state index >= 15 is 0 Å². The average molecular weight is 765 g/mol. The molecule has 8 N–H and O–H groups in total. The third kappa shape index (κ3) is 8.42. The van der Waals surface area contributed by atoms with Gasteiger partial charge >= 0.3 is 12.4 Å². The summed E-state index contributed by atoms with van der Waals surface area (Å²) in [4.78, 5) is 0. The fourth-order valence-electron chi connectivity index (χ4n) is 5.68. The van der Waals surface area contributed by atoms with Gasteiger partial charge in [0, 0.05) is 22.3 Å². The number of aromatic hydroxyl groups is 2. The Morgan fingerprint density at radius 1 is 0.556 bits per heavy atom. The van der Waals surface area contributed by atoms with Gasteiger partial charge in [-0.25, -0.2) is 0 Å². The standard InChI is InChI=1S/C20H15F3N2O2.C19H15F3N2O2S/c21-20(22,23)14-10-16(12-6-8-15(26)9-7-12)18(13-4-2-1-3-5-13)17(11-14)19(24)25-27;1-10-8-27-9-16(10)17-14(11-2-4-13(25)5-3-11)6-12(19(20,21)22)7-15(17)18(23)24-26/h1-11,26-27H,(H2,24,25);2-9,25-26H,1H3,(H2,23,24). The third-order valence-corrected chi connectivity index (χ3v) is 9.10. The minimum absolute atomic E-state index is 0.00403. The molecule has 6 aromatic rings. The molecule has 8 nitrogen and oxygen atoms in total. The Labute approximate surface area is 308 Å². The lowest BCUT2D eigenvalue weighted by molar-refractivity contribution is -0.138. The second kappa shape index (κ2) is 15.6. The largest absolute Gasteiger partial charge is 0.508 e. The summed E-state index contributed by atoms with van der Waals surface area (Å²) in [6.45, 7) is 1.83. The molecule has 0 bridgehead atoms. The second-order valence-electron chi connectivity index (χ2n) is 11.8. The maximum absolute atomic E-state index is 13.5. The Balaban J connectivity index is 0.000000208. The summed E-state index contributed by atoms with van der Waals surface area (Å²) in [5, 5.41) is 46.7. The minimum Gasteiger partial charge on any atom is -0.508 e. The molecule has 278 valence electrons. The van der Waals surface area contributed by atoms with Crippen LogP contribution in [0.4, 0.5) is 26.3 Å². The number of alkyl halides is 6. The van der Waals surface area contributed by atoms with Crippen molar-refractivity contribution in [2.75, 3.05) is 0 Å². The smallest absolute Gasteiger partial charge is 0.416 e. The fraction of sp³-hybridized carbons (Fsp3) is 0.0769. The lowest BCUT2D eigenvalue weighted by Crippen LogP contribution is -2.17. The molecule has 0 saturated carbocycles. The van der Waals surface area contributed by atoms with Crippen LogP contribution >= 0.6 is 11.3 Å². The van der Waals surface area contributed by atoms with Crippen LogP contribution < -0.4 is 11.5 Å². The predicted octanol–water partition coefficient (Wildman–Crippen LogP) is 10.0. The topological polar surface area (TPSA) is 158 Å². The molecule has 1 aromatic heterocycles. The zero-order valence-electron chi connectivity index (χ0n) is 28.0. The van der Waals surface area contributed by atoms with Gasteiger partial charge in [0.05, 0.1) is 11.1 Å². The quantitative estimate of drug-likeness (QED) is 0.0326. The molecular formula is C39H30F6N4O4S.